The molecule has 84 valence electrons. The number of carbonyl (C=O) groups is 1. The van der Waals surface area contributed by atoms with E-state index in [1.54, 1.807) is 0 Å². The summed E-state index contributed by atoms with van der Waals surface area (Å²) in [6, 6.07) is 0. The Morgan fingerprint density at radius 3 is 2.27 bits per heavy atom. The van der Waals surface area contributed by atoms with Gasteiger partial charge in [-0.2, -0.15) is 0 Å². The summed E-state index contributed by atoms with van der Waals surface area (Å²) in [6.07, 6.45) is 13.0. The molecule has 1 aliphatic rings. The molecule has 15 heavy (non-hydrogen) atoms. The van der Waals surface area contributed by atoms with Crippen molar-refractivity contribution in [2.45, 2.75) is 64.2 Å². The van der Waals surface area contributed by atoms with E-state index < -0.39 is 0 Å². The number of carbonyl (C=O) groups excluding carboxylic acids is 1. The van der Waals surface area contributed by atoms with Crippen LogP contribution < -0.4 is 0 Å². The van der Waals surface area contributed by atoms with Crippen LogP contribution in [0, 0.1) is 17.8 Å². The average molecular weight is 206 g/mol. The molecule has 0 aromatic rings. The molecule has 1 unspecified atom stereocenters. The highest BCUT2D eigenvalue weighted by molar-refractivity contribution is 5.54. The van der Waals surface area contributed by atoms with Gasteiger partial charge in [0.1, 0.15) is 6.29 Å². The summed E-state index contributed by atoms with van der Waals surface area (Å²) < 4.78 is 0. The SMILES string of the molecule is O=CC1CC#CCCCCCCCCC1. The molecule has 0 aromatic heterocycles. The van der Waals surface area contributed by atoms with Crippen molar-refractivity contribution in [2.75, 3.05) is 0 Å². The van der Waals surface area contributed by atoms with Crippen LogP contribution in [0.1, 0.15) is 64.2 Å². The van der Waals surface area contributed by atoms with Crippen LogP contribution in [0.25, 0.3) is 0 Å². The Balaban J connectivity index is 2.32. The van der Waals surface area contributed by atoms with Crippen molar-refractivity contribution in [3.63, 3.8) is 0 Å². The molecule has 0 N–H and O–H groups in total. The predicted molar refractivity (Wildman–Crippen MR) is 63.5 cm³/mol. The van der Waals surface area contributed by atoms with E-state index in [4.69, 9.17) is 0 Å². The first kappa shape index (κ1) is 12.3. The highest BCUT2D eigenvalue weighted by Crippen LogP contribution is 2.14. The van der Waals surface area contributed by atoms with Gasteiger partial charge in [0.25, 0.3) is 0 Å². The fraction of sp³-hybridized carbons (Fsp3) is 0.786. The van der Waals surface area contributed by atoms with Crippen molar-refractivity contribution < 1.29 is 4.79 Å². The van der Waals surface area contributed by atoms with Gasteiger partial charge in [-0.25, -0.2) is 0 Å². The van der Waals surface area contributed by atoms with Gasteiger partial charge < -0.3 is 4.79 Å². The first-order valence-electron chi connectivity index (χ1n) is 6.34. The molecule has 0 spiro atoms. The Morgan fingerprint density at radius 1 is 0.867 bits per heavy atom. The smallest absolute Gasteiger partial charge is 0.124 e. The van der Waals surface area contributed by atoms with Crippen LogP contribution in [-0.2, 0) is 4.79 Å². The molecular formula is C14H22O. The zero-order valence-corrected chi connectivity index (χ0v) is 9.63. The normalized spacial score (nSPS) is 24.9. The van der Waals surface area contributed by atoms with Gasteiger partial charge in [0.05, 0.1) is 0 Å². The summed E-state index contributed by atoms with van der Waals surface area (Å²) in [5, 5.41) is 0. The van der Waals surface area contributed by atoms with Crippen molar-refractivity contribution in [1.82, 2.24) is 0 Å². The minimum Gasteiger partial charge on any atom is -0.303 e. The summed E-state index contributed by atoms with van der Waals surface area (Å²) in [7, 11) is 0. The molecule has 1 nitrogen and oxygen atoms in total. The lowest BCUT2D eigenvalue weighted by molar-refractivity contribution is -0.111. The summed E-state index contributed by atoms with van der Waals surface area (Å²) in [5.41, 5.74) is 0. The first-order chi connectivity index (χ1) is 7.43. The Kier molecular flexibility index (Phi) is 7.00. The van der Waals surface area contributed by atoms with E-state index in [1.165, 1.54) is 44.9 Å². The first-order valence-corrected chi connectivity index (χ1v) is 6.34. The van der Waals surface area contributed by atoms with Gasteiger partial charge in [-0.3, -0.25) is 0 Å². The van der Waals surface area contributed by atoms with E-state index in [9.17, 15) is 4.79 Å². The second-order valence-electron chi connectivity index (χ2n) is 4.47. The minimum absolute atomic E-state index is 0.193. The topological polar surface area (TPSA) is 17.1 Å². The van der Waals surface area contributed by atoms with Crippen LogP contribution in [0.2, 0.25) is 0 Å². The highest BCUT2D eigenvalue weighted by atomic mass is 16.1. The van der Waals surface area contributed by atoms with Crippen LogP contribution in [0.15, 0.2) is 0 Å². The van der Waals surface area contributed by atoms with Gasteiger partial charge >= 0.3 is 0 Å². The largest absolute Gasteiger partial charge is 0.303 e. The molecular weight excluding hydrogens is 184 g/mol. The summed E-state index contributed by atoms with van der Waals surface area (Å²) in [6.45, 7) is 0. The molecule has 1 rings (SSSR count). The lowest BCUT2D eigenvalue weighted by Crippen LogP contribution is -2.00. The third kappa shape index (κ3) is 6.33. The molecule has 1 heteroatoms. The van der Waals surface area contributed by atoms with Crippen LogP contribution in [0.4, 0.5) is 0 Å². The Morgan fingerprint density at radius 2 is 1.53 bits per heavy atom. The second-order valence-corrected chi connectivity index (χ2v) is 4.47. The van der Waals surface area contributed by atoms with Crippen LogP contribution >= 0.6 is 0 Å². The van der Waals surface area contributed by atoms with Crippen molar-refractivity contribution in [3.05, 3.63) is 0 Å². The molecule has 0 saturated carbocycles. The monoisotopic (exact) mass is 206 g/mol. The van der Waals surface area contributed by atoms with E-state index in [-0.39, 0.29) is 5.92 Å². The maximum absolute atomic E-state index is 10.8. The lowest BCUT2D eigenvalue weighted by Gasteiger charge is -2.05. The molecule has 0 bridgehead atoms. The second kappa shape index (κ2) is 8.53. The molecule has 0 saturated heterocycles. The average Bonchev–Trinajstić information content (AvgIpc) is 2.29. The van der Waals surface area contributed by atoms with E-state index in [2.05, 4.69) is 11.8 Å². The van der Waals surface area contributed by atoms with E-state index in [0.717, 1.165) is 25.5 Å². The van der Waals surface area contributed by atoms with Gasteiger partial charge in [-0.05, 0) is 12.8 Å². The zero-order chi connectivity index (χ0) is 10.8. The third-order valence-corrected chi connectivity index (χ3v) is 3.06. The van der Waals surface area contributed by atoms with Gasteiger partial charge in [-0.15, -0.1) is 11.8 Å². The van der Waals surface area contributed by atoms with E-state index >= 15 is 0 Å². The Labute approximate surface area is 93.6 Å². The van der Waals surface area contributed by atoms with E-state index in [1.807, 2.05) is 0 Å². The molecule has 0 aliphatic heterocycles. The third-order valence-electron chi connectivity index (χ3n) is 3.06. The summed E-state index contributed by atoms with van der Waals surface area (Å²) >= 11 is 0. The van der Waals surface area contributed by atoms with Gasteiger partial charge in [0, 0.05) is 18.8 Å². The summed E-state index contributed by atoms with van der Waals surface area (Å²) in [4.78, 5) is 10.8. The highest BCUT2D eigenvalue weighted by Gasteiger charge is 2.05. The molecule has 0 radical (unpaired) electrons. The van der Waals surface area contributed by atoms with Gasteiger partial charge in [0.2, 0.25) is 0 Å². The number of rotatable bonds is 1. The molecule has 1 atom stereocenters. The number of aldehydes is 1. The van der Waals surface area contributed by atoms with Crippen molar-refractivity contribution >= 4 is 6.29 Å². The Hall–Kier alpha value is -0.770. The summed E-state index contributed by atoms with van der Waals surface area (Å²) in [5.74, 6) is 6.52. The minimum atomic E-state index is 0.193. The van der Waals surface area contributed by atoms with Crippen molar-refractivity contribution in [2.24, 2.45) is 5.92 Å². The maximum Gasteiger partial charge on any atom is 0.124 e. The zero-order valence-electron chi connectivity index (χ0n) is 9.63. The van der Waals surface area contributed by atoms with Crippen molar-refractivity contribution in [3.8, 4) is 11.8 Å². The molecule has 0 fully saturated rings. The van der Waals surface area contributed by atoms with E-state index in [0.29, 0.717) is 0 Å². The lowest BCUT2D eigenvalue weighted by atomic mass is 9.99. The number of hydrogen-bond acceptors (Lipinski definition) is 1. The predicted octanol–water partition coefficient (Wildman–Crippen LogP) is 3.72. The van der Waals surface area contributed by atoms with Gasteiger partial charge in [0.15, 0.2) is 0 Å². The maximum atomic E-state index is 10.8. The molecule has 1 aliphatic carbocycles. The van der Waals surface area contributed by atoms with Gasteiger partial charge in [-0.1, -0.05) is 38.5 Å². The Bertz CT molecular complexity index is 221. The quantitative estimate of drug-likeness (QED) is 0.472. The molecule has 0 aromatic carbocycles. The fourth-order valence-corrected chi connectivity index (χ4v) is 2.01. The molecule has 0 amide bonds. The fourth-order valence-electron chi connectivity index (χ4n) is 2.01. The number of hydrogen-bond donors (Lipinski definition) is 0. The molecule has 0 heterocycles. The standard InChI is InChI=1S/C14H22O/c15-13-14-11-9-7-5-3-1-2-4-6-8-10-12-14/h13-14H,1-7,9,11-12H2. The van der Waals surface area contributed by atoms with Crippen LogP contribution in [0.3, 0.4) is 0 Å². The van der Waals surface area contributed by atoms with Crippen molar-refractivity contribution in [1.29, 1.82) is 0 Å². The van der Waals surface area contributed by atoms with Crippen LogP contribution in [0.5, 0.6) is 0 Å². The van der Waals surface area contributed by atoms with Crippen LogP contribution in [-0.4, -0.2) is 6.29 Å².